The molecule has 2 aromatic rings. The van der Waals surface area contributed by atoms with Gasteiger partial charge < -0.3 is 4.90 Å². The van der Waals surface area contributed by atoms with Crippen LogP contribution in [0, 0.1) is 0 Å². The second-order valence-corrected chi connectivity index (χ2v) is 5.01. The molecule has 7 nitrogen and oxygen atoms in total. The van der Waals surface area contributed by atoms with Gasteiger partial charge in [-0.1, -0.05) is 11.6 Å². The van der Waals surface area contributed by atoms with Crippen LogP contribution in [0.5, 0.6) is 0 Å². The summed E-state index contributed by atoms with van der Waals surface area (Å²) >= 11 is 6.13. The van der Waals surface area contributed by atoms with Gasteiger partial charge in [0, 0.05) is 18.5 Å². The normalized spacial score (nSPS) is 14.5. The number of nitrogens with zero attached hydrogens (tertiary/aromatic N) is 3. The van der Waals surface area contributed by atoms with Crippen molar-refractivity contribution in [2.24, 2.45) is 0 Å². The number of aromatic nitrogens is 3. The molecule has 1 fully saturated rings. The molecule has 2 heterocycles. The molecule has 0 atom stereocenters. The largest absolute Gasteiger partial charge is 0.311 e. The Balaban J connectivity index is 1.86. The van der Waals surface area contributed by atoms with Gasteiger partial charge in [-0.15, -0.1) is 0 Å². The molecule has 108 valence electrons. The predicted molar refractivity (Wildman–Crippen MR) is 77.4 cm³/mol. The molecule has 0 saturated carbocycles. The van der Waals surface area contributed by atoms with Crippen LogP contribution in [0.15, 0.2) is 24.5 Å². The number of benzene rings is 1. The summed E-state index contributed by atoms with van der Waals surface area (Å²) in [6, 6.07) is 4.81. The number of rotatable bonds is 3. The van der Waals surface area contributed by atoms with Crippen molar-refractivity contribution in [1.29, 1.82) is 0 Å². The highest BCUT2D eigenvalue weighted by Crippen LogP contribution is 2.30. The first-order valence-electron chi connectivity index (χ1n) is 6.42. The van der Waals surface area contributed by atoms with Crippen molar-refractivity contribution in [2.45, 2.75) is 12.8 Å². The van der Waals surface area contributed by atoms with E-state index in [0.717, 1.165) is 6.42 Å². The summed E-state index contributed by atoms with van der Waals surface area (Å²) in [4.78, 5) is 29.4. The van der Waals surface area contributed by atoms with Gasteiger partial charge in [0.15, 0.2) is 0 Å². The monoisotopic (exact) mass is 305 g/mol. The molecule has 0 unspecified atom stereocenters. The third kappa shape index (κ3) is 2.73. The Labute approximate surface area is 125 Å². The number of carbonyl (C=O) groups excluding carboxylic acids is 2. The zero-order valence-corrected chi connectivity index (χ0v) is 11.7. The molecule has 0 bridgehead atoms. The minimum absolute atomic E-state index is 0.0182. The highest BCUT2D eigenvalue weighted by atomic mass is 35.5. The number of nitrogens with one attached hydrogen (secondary N) is 2. The molecule has 1 aromatic heterocycles. The maximum Gasteiger partial charge on any atom is 0.258 e. The third-order valence-electron chi connectivity index (χ3n) is 3.22. The van der Waals surface area contributed by atoms with Crippen LogP contribution in [0.1, 0.15) is 23.2 Å². The second-order valence-electron chi connectivity index (χ2n) is 4.60. The molecular formula is C13H12ClN5O2. The molecular weight excluding hydrogens is 294 g/mol. The van der Waals surface area contributed by atoms with Gasteiger partial charge in [0.1, 0.15) is 6.33 Å². The van der Waals surface area contributed by atoms with E-state index in [2.05, 4.69) is 20.5 Å². The fourth-order valence-electron chi connectivity index (χ4n) is 2.21. The maximum atomic E-state index is 12.1. The average molecular weight is 306 g/mol. The van der Waals surface area contributed by atoms with E-state index in [1.54, 1.807) is 23.1 Å². The standard InChI is InChI=1S/C13H12ClN5O2/c14-9-4-3-8(12(21)17-13-15-7-16-18-13)6-10(9)19-5-1-2-11(19)20/h3-4,6-7H,1-2,5H2,(H2,15,16,17,18,21). The van der Waals surface area contributed by atoms with Crippen molar-refractivity contribution in [3.63, 3.8) is 0 Å². The molecule has 8 heteroatoms. The summed E-state index contributed by atoms with van der Waals surface area (Å²) in [5.74, 6) is -0.0743. The molecule has 2 amide bonds. The van der Waals surface area contributed by atoms with Crippen LogP contribution in [0.2, 0.25) is 5.02 Å². The molecule has 0 radical (unpaired) electrons. The quantitative estimate of drug-likeness (QED) is 0.905. The lowest BCUT2D eigenvalue weighted by atomic mass is 10.1. The number of aromatic amines is 1. The number of hydrogen-bond donors (Lipinski definition) is 2. The summed E-state index contributed by atoms with van der Waals surface area (Å²) in [7, 11) is 0. The van der Waals surface area contributed by atoms with E-state index >= 15 is 0 Å². The van der Waals surface area contributed by atoms with Gasteiger partial charge in [0.2, 0.25) is 11.9 Å². The van der Waals surface area contributed by atoms with Crippen molar-refractivity contribution in [3.05, 3.63) is 35.1 Å². The first-order chi connectivity index (χ1) is 10.1. The van der Waals surface area contributed by atoms with Gasteiger partial charge in [-0.05, 0) is 24.6 Å². The smallest absolute Gasteiger partial charge is 0.258 e. The summed E-state index contributed by atoms with van der Waals surface area (Å²) in [5.41, 5.74) is 0.954. The van der Waals surface area contributed by atoms with Gasteiger partial charge in [0.25, 0.3) is 5.91 Å². The van der Waals surface area contributed by atoms with Crippen LogP contribution in [0.4, 0.5) is 11.6 Å². The van der Waals surface area contributed by atoms with E-state index in [1.807, 2.05) is 0 Å². The second kappa shape index (κ2) is 5.53. The molecule has 1 saturated heterocycles. The first kappa shape index (κ1) is 13.6. The highest BCUT2D eigenvalue weighted by molar-refractivity contribution is 6.34. The molecule has 2 N–H and O–H groups in total. The number of anilines is 2. The van der Waals surface area contributed by atoms with Gasteiger partial charge in [-0.2, -0.15) is 10.1 Å². The summed E-state index contributed by atoms with van der Waals surface area (Å²) in [6.07, 6.45) is 2.60. The Hall–Kier alpha value is -2.41. The Morgan fingerprint density at radius 3 is 2.95 bits per heavy atom. The fraction of sp³-hybridized carbons (Fsp3) is 0.231. The SMILES string of the molecule is O=C(Nc1ncn[nH]1)c1ccc(Cl)c(N2CCCC2=O)c1. The van der Waals surface area contributed by atoms with Crippen molar-refractivity contribution in [2.75, 3.05) is 16.8 Å². The Bertz CT molecular complexity index is 686. The van der Waals surface area contributed by atoms with Crippen LogP contribution in [0.25, 0.3) is 0 Å². The van der Waals surface area contributed by atoms with Gasteiger partial charge in [0.05, 0.1) is 10.7 Å². The Morgan fingerprint density at radius 1 is 1.43 bits per heavy atom. The van der Waals surface area contributed by atoms with Gasteiger partial charge >= 0.3 is 0 Å². The van der Waals surface area contributed by atoms with E-state index in [1.165, 1.54) is 6.33 Å². The molecule has 1 aliphatic heterocycles. The molecule has 3 rings (SSSR count). The van der Waals surface area contributed by atoms with Crippen LogP contribution in [0.3, 0.4) is 0 Å². The lowest BCUT2D eigenvalue weighted by Crippen LogP contribution is -2.24. The zero-order valence-electron chi connectivity index (χ0n) is 11.0. The first-order valence-corrected chi connectivity index (χ1v) is 6.79. The Kier molecular flexibility index (Phi) is 3.57. The predicted octanol–water partition coefficient (Wildman–Crippen LogP) is 1.84. The lowest BCUT2D eigenvalue weighted by Gasteiger charge is -2.18. The summed E-state index contributed by atoms with van der Waals surface area (Å²) in [5, 5.41) is 9.21. The fourth-order valence-corrected chi connectivity index (χ4v) is 2.43. The van der Waals surface area contributed by atoms with Gasteiger partial charge in [-0.3, -0.25) is 14.9 Å². The van der Waals surface area contributed by atoms with Gasteiger partial charge in [-0.25, -0.2) is 5.10 Å². The van der Waals surface area contributed by atoms with E-state index in [0.29, 0.717) is 29.2 Å². The van der Waals surface area contributed by atoms with Crippen molar-refractivity contribution in [1.82, 2.24) is 15.2 Å². The highest BCUT2D eigenvalue weighted by Gasteiger charge is 2.24. The van der Waals surface area contributed by atoms with Crippen LogP contribution >= 0.6 is 11.6 Å². The number of amides is 2. The van der Waals surface area contributed by atoms with Crippen molar-refractivity contribution < 1.29 is 9.59 Å². The number of carbonyl (C=O) groups is 2. The minimum Gasteiger partial charge on any atom is -0.311 e. The molecule has 21 heavy (non-hydrogen) atoms. The van der Waals surface area contributed by atoms with E-state index in [9.17, 15) is 9.59 Å². The van der Waals surface area contributed by atoms with E-state index in [-0.39, 0.29) is 17.8 Å². The van der Waals surface area contributed by atoms with E-state index in [4.69, 9.17) is 11.6 Å². The van der Waals surface area contributed by atoms with Crippen LogP contribution in [-0.4, -0.2) is 33.5 Å². The Morgan fingerprint density at radius 2 is 2.29 bits per heavy atom. The minimum atomic E-state index is -0.351. The summed E-state index contributed by atoms with van der Waals surface area (Å²) < 4.78 is 0. The third-order valence-corrected chi connectivity index (χ3v) is 3.54. The molecule has 1 aromatic carbocycles. The maximum absolute atomic E-state index is 12.1. The molecule has 1 aliphatic rings. The van der Waals surface area contributed by atoms with Crippen molar-refractivity contribution in [3.8, 4) is 0 Å². The summed E-state index contributed by atoms with van der Waals surface area (Å²) in [6.45, 7) is 0.617. The number of hydrogen-bond acceptors (Lipinski definition) is 4. The zero-order chi connectivity index (χ0) is 14.8. The van der Waals surface area contributed by atoms with E-state index < -0.39 is 0 Å². The topological polar surface area (TPSA) is 91.0 Å². The lowest BCUT2D eigenvalue weighted by molar-refractivity contribution is -0.117. The molecule has 0 aliphatic carbocycles. The number of halogens is 1. The average Bonchev–Trinajstić information content (AvgIpc) is 3.11. The number of H-pyrrole nitrogens is 1. The van der Waals surface area contributed by atoms with Crippen molar-refractivity contribution >= 4 is 35.1 Å². The molecule has 0 spiro atoms. The van der Waals surface area contributed by atoms with Crippen LogP contribution in [-0.2, 0) is 4.79 Å². The van der Waals surface area contributed by atoms with Crippen LogP contribution < -0.4 is 10.2 Å².